The lowest BCUT2D eigenvalue weighted by Crippen LogP contribution is -2.23. The summed E-state index contributed by atoms with van der Waals surface area (Å²) in [5, 5.41) is 6.38. The topological polar surface area (TPSA) is 94.0 Å². The summed E-state index contributed by atoms with van der Waals surface area (Å²) in [6, 6.07) is 7.50. The molecule has 0 spiro atoms. The van der Waals surface area contributed by atoms with Crippen LogP contribution >= 0.6 is 0 Å². The second-order valence-electron chi connectivity index (χ2n) is 4.25. The minimum atomic E-state index is -0.0484. The number of benzene rings is 1. The van der Waals surface area contributed by atoms with Gasteiger partial charge in [-0.1, -0.05) is 17.3 Å². The van der Waals surface area contributed by atoms with Crippen molar-refractivity contribution in [1.82, 2.24) is 15.5 Å². The van der Waals surface area contributed by atoms with E-state index >= 15 is 0 Å². The van der Waals surface area contributed by atoms with E-state index in [0.717, 1.165) is 11.3 Å². The Balaban J connectivity index is 1.74. The first-order valence-electron chi connectivity index (χ1n) is 6.04. The number of nitrogens with zero attached hydrogens (tertiary/aromatic N) is 2. The molecule has 0 atom stereocenters. The fraction of sp³-hybridized carbons (Fsp3) is 0.308. The molecule has 0 saturated carbocycles. The number of rotatable bonds is 5. The molecule has 19 heavy (non-hydrogen) atoms. The average Bonchev–Trinajstić information content (AvgIpc) is 2.81. The van der Waals surface area contributed by atoms with Crippen molar-refractivity contribution in [2.24, 2.45) is 0 Å². The fourth-order valence-electron chi connectivity index (χ4n) is 1.62. The molecule has 6 heteroatoms. The summed E-state index contributed by atoms with van der Waals surface area (Å²) in [6.07, 6.45) is 1.09. The number of aryl methyl sites for hydroxylation is 2. The highest BCUT2D eigenvalue weighted by Gasteiger charge is 2.06. The highest BCUT2D eigenvalue weighted by atomic mass is 16.5. The van der Waals surface area contributed by atoms with Gasteiger partial charge in [-0.2, -0.15) is 4.98 Å². The predicted molar refractivity (Wildman–Crippen MR) is 70.1 cm³/mol. The van der Waals surface area contributed by atoms with Gasteiger partial charge in [-0.05, 0) is 31.0 Å². The van der Waals surface area contributed by atoms with E-state index in [2.05, 4.69) is 15.5 Å². The molecule has 0 saturated heterocycles. The van der Waals surface area contributed by atoms with Crippen LogP contribution in [0.2, 0.25) is 0 Å². The Morgan fingerprint density at radius 3 is 2.74 bits per heavy atom. The van der Waals surface area contributed by atoms with E-state index in [0.29, 0.717) is 24.6 Å². The van der Waals surface area contributed by atoms with Crippen LogP contribution in [-0.4, -0.2) is 16.0 Å². The molecule has 2 aromatic rings. The number of nitrogen functional groups attached to an aromatic ring is 1. The summed E-state index contributed by atoms with van der Waals surface area (Å²) in [5.74, 6) is 0.928. The molecule has 0 bridgehead atoms. The van der Waals surface area contributed by atoms with Crippen LogP contribution in [0.4, 0.5) is 5.69 Å². The smallest absolute Gasteiger partial charge is 0.246 e. The lowest BCUT2D eigenvalue weighted by atomic mass is 10.1. The Morgan fingerprint density at radius 1 is 1.37 bits per heavy atom. The van der Waals surface area contributed by atoms with E-state index in [4.69, 9.17) is 10.3 Å². The van der Waals surface area contributed by atoms with Gasteiger partial charge in [0.15, 0.2) is 5.82 Å². The summed E-state index contributed by atoms with van der Waals surface area (Å²) in [6.45, 7) is 2.00. The number of nitrogens with one attached hydrogen (secondary N) is 1. The van der Waals surface area contributed by atoms with Crippen LogP contribution in [0, 0.1) is 6.92 Å². The van der Waals surface area contributed by atoms with Crippen LogP contribution in [-0.2, 0) is 17.8 Å². The Labute approximate surface area is 111 Å². The van der Waals surface area contributed by atoms with E-state index in [1.54, 1.807) is 6.92 Å². The van der Waals surface area contributed by atoms with E-state index in [9.17, 15) is 4.79 Å². The van der Waals surface area contributed by atoms with Crippen molar-refractivity contribution < 1.29 is 9.32 Å². The first-order valence-corrected chi connectivity index (χ1v) is 6.04. The summed E-state index contributed by atoms with van der Waals surface area (Å²) in [5.41, 5.74) is 7.40. The minimum Gasteiger partial charge on any atom is -0.399 e. The molecule has 6 nitrogen and oxygen atoms in total. The number of carbonyl (C=O) groups is 1. The van der Waals surface area contributed by atoms with Gasteiger partial charge in [-0.15, -0.1) is 0 Å². The number of amides is 1. The Hall–Kier alpha value is -2.37. The highest BCUT2D eigenvalue weighted by Crippen LogP contribution is 2.07. The van der Waals surface area contributed by atoms with Crippen molar-refractivity contribution >= 4 is 11.6 Å². The SMILES string of the molecule is Cc1noc(CNC(=O)CCc2ccc(N)cc2)n1. The van der Waals surface area contributed by atoms with Crippen LogP contribution in [0.25, 0.3) is 0 Å². The number of hydrogen-bond donors (Lipinski definition) is 2. The molecular weight excluding hydrogens is 244 g/mol. The van der Waals surface area contributed by atoms with Crippen molar-refractivity contribution in [1.29, 1.82) is 0 Å². The van der Waals surface area contributed by atoms with E-state index in [-0.39, 0.29) is 12.5 Å². The number of nitrogens with two attached hydrogens (primary N) is 1. The van der Waals surface area contributed by atoms with Gasteiger partial charge in [0.25, 0.3) is 0 Å². The Bertz CT molecular complexity index is 548. The normalized spacial score (nSPS) is 10.4. The third kappa shape index (κ3) is 4.09. The van der Waals surface area contributed by atoms with Gasteiger partial charge in [-0.3, -0.25) is 4.79 Å². The summed E-state index contributed by atoms with van der Waals surface area (Å²) >= 11 is 0. The predicted octanol–water partition coefficient (Wildman–Crippen LogP) is 1.21. The molecule has 0 radical (unpaired) electrons. The molecule has 1 heterocycles. The molecule has 1 aromatic carbocycles. The first-order chi connectivity index (χ1) is 9.13. The van der Waals surface area contributed by atoms with Gasteiger partial charge in [0.05, 0.1) is 6.54 Å². The molecule has 0 aliphatic rings. The van der Waals surface area contributed by atoms with Gasteiger partial charge in [0.1, 0.15) is 0 Å². The Kier molecular flexibility index (Phi) is 4.12. The van der Waals surface area contributed by atoms with Crippen molar-refractivity contribution in [2.45, 2.75) is 26.3 Å². The minimum absolute atomic E-state index is 0.0484. The summed E-state index contributed by atoms with van der Waals surface area (Å²) in [4.78, 5) is 15.6. The largest absolute Gasteiger partial charge is 0.399 e. The molecule has 1 amide bonds. The molecular formula is C13H16N4O2. The summed E-state index contributed by atoms with van der Waals surface area (Å²) in [7, 11) is 0. The maximum absolute atomic E-state index is 11.6. The van der Waals surface area contributed by atoms with Crippen LogP contribution in [0.3, 0.4) is 0 Å². The van der Waals surface area contributed by atoms with Crippen molar-refractivity contribution in [3.8, 4) is 0 Å². The van der Waals surface area contributed by atoms with Crippen LogP contribution in [0.15, 0.2) is 28.8 Å². The maximum atomic E-state index is 11.6. The first kappa shape index (κ1) is 13.1. The van der Waals surface area contributed by atoms with Crippen molar-refractivity contribution in [3.05, 3.63) is 41.5 Å². The lowest BCUT2D eigenvalue weighted by Gasteiger charge is -2.03. The molecule has 0 aliphatic carbocycles. The molecule has 1 aromatic heterocycles. The van der Waals surface area contributed by atoms with Gasteiger partial charge in [0.2, 0.25) is 11.8 Å². The molecule has 0 fully saturated rings. The number of carbonyl (C=O) groups excluding carboxylic acids is 1. The zero-order chi connectivity index (χ0) is 13.7. The van der Waals surface area contributed by atoms with Crippen LogP contribution in [0.1, 0.15) is 23.7 Å². The molecule has 100 valence electrons. The van der Waals surface area contributed by atoms with Crippen molar-refractivity contribution in [3.63, 3.8) is 0 Å². The monoisotopic (exact) mass is 260 g/mol. The fourth-order valence-corrected chi connectivity index (χ4v) is 1.62. The van der Waals surface area contributed by atoms with Gasteiger partial charge >= 0.3 is 0 Å². The molecule has 0 aliphatic heterocycles. The lowest BCUT2D eigenvalue weighted by molar-refractivity contribution is -0.121. The van der Waals surface area contributed by atoms with Crippen molar-refractivity contribution in [2.75, 3.05) is 5.73 Å². The zero-order valence-corrected chi connectivity index (χ0v) is 10.7. The quantitative estimate of drug-likeness (QED) is 0.788. The third-order valence-electron chi connectivity index (χ3n) is 2.63. The summed E-state index contributed by atoms with van der Waals surface area (Å²) < 4.78 is 4.90. The third-order valence-corrected chi connectivity index (χ3v) is 2.63. The van der Waals surface area contributed by atoms with E-state index < -0.39 is 0 Å². The number of aromatic nitrogens is 2. The van der Waals surface area contributed by atoms with Crippen LogP contribution in [0.5, 0.6) is 0 Å². The second-order valence-corrected chi connectivity index (χ2v) is 4.25. The molecule has 0 unspecified atom stereocenters. The van der Waals surface area contributed by atoms with Gasteiger partial charge in [0, 0.05) is 12.1 Å². The highest BCUT2D eigenvalue weighted by molar-refractivity contribution is 5.76. The van der Waals surface area contributed by atoms with Gasteiger partial charge < -0.3 is 15.6 Å². The van der Waals surface area contributed by atoms with Gasteiger partial charge in [-0.25, -0.2) is 0 Å². The number of anilines is 1. The average molecular weight is 260 g/mol. The second kappa shape index (κ2) is 5.99. The molecule has 3 N–H and O–H groups in total. The Morgan fingerprint density at radius 2 is 2.11 bits per heavy atom. The number of hydrogen-bond acceptors (Lipinski definition) is 5. The van der Waals surface area contributed by atoms with E-state index in [1.165, 1.54) is 0 Å². The zero-order valence-electron chi connectivity index (χ0n) is 10.7. The molecule has 2 rings (SSSR count). The maximum Gasteiger partial charge on any atom is 0.246 e. The standard InChI is InChI=1S/C13H16N4O2/c1-9-16-13(19-17-9)8-15-12(18)7-4-10-2-5-11(14)6-3-10/h2-3,5-6H,4,7-8,14H2,1H3,(H,15,18). The van der Waals surface area contributed by atoms with Crippen LogP contribution < -0.4 is 11.1 Å². The van der Waals surface area contributed by atoms with E-state index in [1.807, 2.05) is 24.3 Å².